The lowest BCUT2D eigenvalue weighted by Gasteiger charge is -2.24. The van der Waals surface area contributed by atoms with Crippen molar-refractivity contribution in [1.82, 2.24) is 15.5 Å². The zero-order valence-electron chi connectivity index (χ0n) is 17.0. The van der Waals surface area contributed by atoms with Crippen LogP contribution in [0.2, 0.25) is 0 Å². The summed E-state index contributed by atoms with van der Waals surface area (Å²) in [4.78, 5) is 39.0. The molecule has 1 heterocycles. The Morgan fingerprint density at radius 1 is 1.03 bits per heavy atom. The summed E-state index contributed by atoms with van der Waals surface area (Å²) in [6, 6.07) is 18.6. The number of hydrogen-bond acceptors (Lipinski definition) is 3. The van der Waals surface area contributed by atoms with Crippen LogP contribution in [-0.4, -0.2) is 35.8 Å². The molecule has 1 atom stereocenters. The van der Waals surface area contributed by atoms with Crippen molar-refractivity contribution in [3.63, 3.8) is 0 Å². The fourth-order valence-corrected chi connectivity index (χ4v) is 3.88. The molecule has 3 aromatic carbocycles. The summed E-state index contributed by atoms with van der Waals surface area (Å²) >= 11 is 0. The number of carbonyl (C=O) groups excluding carboxylic acids is 3. The number of carbonyl (C=O) groups is 3. The first-order valence-electron chi connectivity index (χ1n) is 10.0. The molecule has 1 unspecified atom stereocenters. The van der Waals surface area contributed by atoms with E-state index in [0.717, 1.165) is 21.2 Å². The van der Waals surface area contributed by atoms with Gasteiger partial charge in [-0.2, -0.15) is 0 Å². The predicted molar refractivity (Wildman–Crippen MR) is 115 cm³/mol. The van der Waals surface area contributed by atoms with Crippen LogP contribution >= 0.6 is 0 Å². The number of imide groups is 1. The molecule has 3 aromatic rings. The van der Waals surface area contributed by atoms with Crippen LogP contribution in [0.25, 0.3) is 10.8 Å². The average Bonchev–Trinajstić information content (AvgIpc) is 2.98. The van der Waals surface area contributed by atoms with Gasteiger partial charge in [0.25, 0.3) is 5.91 Å². The van der Waals surface area contributed by atoms with Gasteiger partial charge in [-0.25, -0.2) is 9.18 Å². The zero-order valence-corrected chi connectivity index (χ0v) is 17.0. The minimum absolute atomic E-state index is 0.314. The molecule has 1 fully saturated rings. The van der Waals surface area contributed by atoms with Crippen molar-refractivity contribution < 1.29 is 18.8 Å². The minimum Gasteiger partial charge on any atom is -0.354 e. The first-order valence-corrected chi connectivity index (χ1v) is 10.0. The van der Waals surface area contributed by atoms with Crippen molar-refractivity contribution in [2.45, 2.75) is 18.9 Å². The van der Waals surface area contributed by atoms with Crippen LogP contribution in [-0.2, 0) is 21.5 Å². The number of nitrogens with one attached hydrogen (secondary N) is 2. The standard InChI is InChI=1S/C24H22FN3O3/c1-24(20-8-4-6-17-5-2-3-7-19(17)20)22(30)28(23(31)27-24)15-21(29)26-14-13-16-9-11-18(25)12-10-16/h2-12H,13-15H2,1H3,(H,26,29)(H,27,31). The highest BCUT2D eigenvalue weighted by molar-refractivity contribution is 6.10. The van der Waals surface area contributed by atoms with Crippen molar-refractivity contribution in [2.75, 3.05) is 13.1 Å². The van der Waals surface area contributed by atoms with Gasteiger partial charge in [0.2, 0.25) is 5.91 Å². The number of amides is 4. The van der Waals surface area contributed by atoms with Crippen molar-refractivity contribution in [3.05, 3.63) is 83.7 Å². The molecule has 1 saturated heterocycles. The summed E-state index contributed by atoms with van der Waals surface area (Å²) in [6.07, 6.45) is 0.514. The summed E-state index contributed by atoms with van der Waals surface area (Å²) in [6.45, 7) is 1.60. The summed E-state index contributed by atoms with van der Waals surface area (Å²) in [5.74, 6) is -1.23. The highest BCUT2D eigenvalue weighted by atomic mass is 19.1. The molecule has 0 aromatic heterocycles. The van der Waals surface area contributed by atoms with E-state index in [1.54, 1.807) is 19.1 Å². The molecule has 158 valence electrons. The molecule has 0 saturated carbocycles. The van der Waals surface area contributed by atoms with Gasteiger partial charge in [0.1, 0.15) is 17.9 Å². The Morgan fingerprint density at radius 3 is 2.52 bits per heavy atom. The van der Waals surface area contributed by atoms with Gasteiger partial charge in [0, 0.05) is 6.54 Å². The van der Waals surface area contributed by atoms with Crippen LogP contribution in [0.1, 0.15) is 18.1 Å². The van der Waals surface area contributed by atoms with E-state index >= 15 is 0 Å². The number of hydrogen-bond donors (Lipinski definition) is 2. The van der Waals surface area contributed by atoms with Crippen LogP contribution in [0, 0.1) is 5.82 Å². The second-order valence-electron chi connectivity index (χ2n) is 7.70. The zero-order chi connectivity index (χ0) is 22.0. The molecule has 31 heavy (non-hydrogen) atoms. The van der Waals surface area contributed by atoms with Crippen LogP contribution in [0.4, 0.5) is 9.18 Å². The first kappa shape index (κ1) is 20.5. The highest BCUT2D eigenvalue weighted by Crippen LogP contribution is 2.33. The summed E-state index contributed by atoms with van der Waals surface area (Å²) in [5.41, 5.74) is 0.301. The largest absolute Gasteiger partial charge is 0.354 e. The lowest BCUT2D eigenvalue weighted by molar-refractivity contribution is -0.134. The van der Waals surface area contributed by atoms with E-state index in [-0.39, 0.29) is 12.4 Å². The minimum atomic E-state index is -1.26. The molecular formula is C24H22FN3O3. The van der Waals surface area contributed by atoms with Crippen LogP contribution in [0.15, 0.2) is 66.7 Å². The predicted octanol–water partition coefficient (Wildman–Crippen LogP) is 3.10. The van der Waals surface area contributed by atoms with E-state index in [1.807, 2.05) is 42.5 Å². The van der Waals surface area contributed by atoms with E-state index in [2.05, 4.69) is 10.6 Å². The van der Waals surface area contributed by atoms with Crippen LogP contribution in [0.3, 0.4) is 0 Å². The van der Waals surface area contributed by atoms with Crippen molar-refractivity contribution >= 4 is 28.6 Å². The van der Waals surface area contributed by atoms with Crippen LogP contribution in [0.5, 0.6) is 0 Å². The molecule has 1 aliphatic heterocycles. The molecule has 7 heteroatoms. The SMILES string of the molecule is CC1(c2cccc3ccccc23)NC(=O)N(CC(=O)NCCc2ccc(F)cc2)C1=O. The van der Waals surface area contributed by atoms with E-state index in [4.69, 9.17) is 0 Å². The van der Waals surface area contributed by atoms with Gasteiger partial charge in [0.05, 0.1) is 0 Å². The van der Waals surface area contributed by atoms with Crippen molar-refractivity contribution in [3.8, 4) is 0 Å². The Hall–Kier alpha value is -3.74. The number of fused-ring (bicyclic) bond motifs is 1. The third-order valence-corrected chi connectivity index (χ3v) is 5.55. The average molecular weight is 419 g/mol. The van der Waals surface area contributed by atoms with Crippen molar-refractivity contribution in [2.24, 2.45) is 0 Å². The maximum absolute atomic E-state index is 13.2. The first-order chi connectivity index (χ1) is 14.9. The molecule has 4 rings (SSSR count). The Morgan fingerprint density at radius 2 is 1.74 bits per heavy atom. The van der Waals surface area contributed by atoms with Gasteiger partial charge >= 0.3 is 6.03 Å². The van der Waals surface area contributed by atoms with Crippen molar-refractivity contribution in [1.29, 1.82) is 0 Å². The second-order valence-corrected chi connectivity index (χ2v) is 7.70. The fourth-order valence-electron chi connectivity index (χ4n) is 3.88. The third-order valence-electron chi connectivity index (χ3n) is 5.55. The summed E-state index contributed by atoms with van der Waals surface area (Å²) in [5, 5.41) is 7.28. The summed E-state index contributed by atoms with van der Waals surface area (Å²) < 4.78 is 13.0. The number of nitrogens with zero attached hydrogens (tertiary/aromatic N) is 1. The van der Waals surface area contributed by atoms with E-state index in [9.17, 15) is 18.8 Å². The smallest absolute Gasteiger partial charge is 0.325 e. The Kier molecular flexibility index (Phi) is 5.42. The molecule has 4 amide bonds. The Bertz CT molecular complexity index is 1160. The van der Waals surface area contributed by atoms with Gasteiger partial charge in [-0.15, -0.1) is 0 Å². The topological polar surface area (TPSA) is 78.5 Å². The third kappa shape index (κ3) is 3.99. The molecule has 0 bridgehead atoms. The van der Waals surface area contributed by atoms with Crippen LogP contribution < -0.4 is 10.6 Å². The Balaban J connectivity index is 1.44. The van der Waals surface area contributed by atoms with E-state index in [1.165, 1.54) is 12.1 Å². The van der Waals surface area contributed by atoms with E-state index in [0.29, 0.717) is 18.5 Å². The normalized spacial score (nSPS) is 18.3. The maximum atomic E-state index is 13.2. The number of halogens is 1. The second kappa shape index (κ2) is 8.18. The molecule has 0 spiro atoms. The lowest BCUT2D eigenvalue weighted by atomic mass is 9.88. The number of benzene rings is 3. The van der Waals surface area contributed by atoms with Gasteiger partial charge in [-0.05, 0) is 47.4 Å². The molecule has 6 nitrogen and oxygen atoms in total. The Labute approximate surface area is 179 Å². The molecule has 0 radical (unpaired) electrons. The molecule has 2 N–H and O–H groups in total. The van der Waals surface area contributed by atoms with Gasteiger partial charge in [-0.1, -0.05) is 54.6 Å². The quantitative estimate of drug-likeness (QED) is 0.603. The monoisotopic (exact) mass is 419 g/mol. The number of rotatable bonds is 6. The molecular weight excluding hydrogens is 397 g/mol. The van der Waals surface area contributed by atoms with Gasteiger partial charge in [0.15, 0.2) is 0 Å². The maximum Gasteiger partial charge on any atom is 0.325 e. The highest BCUT2D eigenvalue weighted by Gasteiger charge is 2.50. The van der Waals surface area contributed by atoms with Gasteiger partial charge in [-0.3, -0.25) is 14.5 Å². The lowest BCUT2D eigenvalue weighted by Crippen LogP contribution is -2.43. The van der Waals surface area contributed by atoms with E-state index < -0.39 is 23.4 Å². The summed E-state index contributed by atoms with van der Waals surface area (Å²) in [7, 11) is 0. The number of urea groups is 1. The fraction of sp³-hybridized carbons (Fsp3) is 0.208. The molecule has 1 aliphatic rings. The van der Waals surface area contributed by atoms with Gasteiger partial charge < -0.3 is 10.6 Å². The molecule has 0 aliphatic carbocycles.